The van der Waals surface area contributed by atoms with Gasteiger partial charge in [-0.3, -0.25) is 20.1 Å². The highest BCUT2D eigenvalue weighted by atomic mass is 32.2. The van der Waals surface area contributed by atoms with Crippen molar-refractivity contribution in [2.45, 2.75) is 57.8 Å². The molecule has 13 heteroatoms. The number of unbranched alkanes of at least 4 members (excludes halogenated alkanes) is 3. The maximum absolute atomic E-state index is 13.1. The fraction of sp³-hybridized carbons (Fsp3) is 0.741. The van der Waals surface area contributed by atoms with Gasteiger partial charge in [0.05, 0.1) is 51.9 Å². The molecule has 2 N–H and O–H groups in total. The number of sulfonamides is 1. The van der Waals surface area contributed by atoms with E-state index >= 15 is 0 Å². The second kappa shape index (κ2) is 21.4. The van der Waals surface area contributed by atoms with Crippen LogP contribution >= 0.6 is 0 Å². The molecule has 1 saturated carbocycles. The van der Waals surface area contributed by atoms with Crippen LogP contribution in [0.3, 0.4) is 0 Å². The summed E-state index contributed by atoms with van der Waals surface area (Å²) in [6, 6.07) is 3.56. The summed E-state index contributed by atoms with van der Waals surface area (Å²) in [5.74, 6) is 0.785. The first-order chi connectivity index (χ1) is 19.5. The van der Waals surface area contributed by atoms with E-state index in [0.29, 0.717) is 57.9 Å². The van der Waals surface area contributed by atoms with Gasteiger partial charge in [-0.2, -0.15) is 5.26 Å². The first kappa shape index (κ1) is 33.9. The van der Waals surface area contributed by atoms with Gasteiger partial charge in [-0.05, 0) is 43.7 Å². The lowest BCUT2D eigenvalue weighted by Gasteiger charge is -2.26. The molecule has 0 radical (unpaired) electrons. The van der Waals surface area contributed by atoms with Gasteiger partial charge in [0, 0.05) is 31.7 Å². The molecule has 226 valence electrons. The molecule has 0 aliphatic heterocycles. The normalized spacial score (nSPS) is 14.8. The lowest BCUT2D eigenvalue weighted by Crippen LogP contribution is -2.37. The van der Waals surface area contributed by atoms with Crippen molar-refractivity contribution in [2.24, 2.45) is 10.9 Å². The van der Waals surface area contributed by atoms with Crippen LogP contribution in [-0.2, 0) is 29.1 Å². The number of guanidine groups is 1. The Balaban J connectivity index is 1.72. The van der Waals surface area contributed by atoms with Crippen LogP contribution in [0.2, 0.25) is 0 Å². The number of anilines is 1. The predicted octanol–water partition coefficient (Wildman–Crippen LogP) is 3.30. The van der Waals surface area contributed by atoms with Gasteiger partial charge in [0.15, 0.2) is 6.19 Å². The number of nitrogens with one attached hydrogen (secondary N) is 2. The summed E-state index contributed by atoms with van der Waals surface area (Å²) in [5.41, 5.74) is 0.776. The lowest BCUT2D eigenvalue weighted by molar-refractivity contribution is -0.112. The summed E-state index contributed by atoms with van der Waals surface area (Å²) in [6.45, 7) is 3.16. The molecule has 1 fully saturated rings. The Morgan fingerprint density at radius 2 is 1.75 bits per heavy atom. The van der Waals surface area contributed by atoms with Crippen molar-refractivity contribution < 1.29 is 27.5 Å². The zero-order valence-corrected chi connectivity index (χ0v) is 24.6. The Kier molecular flexibility index (Phi) is 18.1. The third-order valence-electron chi connectivity index (χ3n) is 6.41. The standard InChI is InChI=1S/C27H46N6O6S/c1-36-18-19-38-21-20-37-17-16-33(39-23-25-9-5-4-6-10-25)40(34,35)22-8-3-2-7-13-30-27(31-24-28)32-26-11-14-29-15-12-26/h11-12,14-15,25H,2-10,13,16-23H2,1H3,(H2,29,30,31,32). The maximum atomic E-state index is 13.1. The average Bonchev–Trinajstić information content (AvgIpc) is 2.96. The largest absolute Gasteiger partial charge is 0.382 e. The number of aromatic nitrogens is 1. The summed E-state index contributed by atoms with van der Waals surface area (Å²) < 4.78 is 43.2. The summed E-state index contributed by atoms with van der Waals surface area (Å²) in [6.07, 6.45) is 13.8. The van der Waals surface area contributed by atoms with Gasteiger partial charge in [-0.1, -0.05) is 36.6 Å². The van der Waals surface area contributed by atoms with Crippen LogP contribution in [0.15, 0.2) is 29.5 Å². The number of nitriles is 1. The average molecular weight is 583 g/mol. The summed E-state index contributed by atoms with van der Waals surface area (Å²) >= 11 is 0. The molecule has 0 amide bonds. The van der Waals surface area contributed by atoms with Gasteiger partial charge in [0.2, 0.25) is 16.0 Å². The van der Waals surface area contributed by atoms with Gasteiger partial charge >= 0.3 is 0 Å². The number of hydrogen-bond donors (Lipinski definition) is 2. The van der Waals surface area contributed by atoms with Crippen molar-refractivity contribution in [3.05, 3.63) is 24.5 Å². The first-order valence-electron chi connectivity index (χ1n) is 14.2. The van der Waals surface area contributed by atoms with E-state index in [1.807, 2.05) is 6.19 Å². The van der Waals surface area contributed by atoms with Crippen LogP contribution in [0.5, 0.6) is 0 Å². The van der Waals surface area contributed by atoms with Gasteiger partial charge in [0.25, 0.3) is 0 Å². The third-order valence-corrected chi connectivity index (χ3v) is 8.12. The number of ether oxygens (including phenoxy) is 3. The molecule has 0 aromatic carbocycles. The van der Waals surface area contributed by atoms with Gasteiger partial charge in [-0.25, -0.2) is 8.42 Å². The van der Waals surface area contributed by atoms with E-state index in [1.54, 1.807) is 31.6 Å². The van der Waals surface area contributed by atoms with Crippen molar-refractivity contribution >= 4 is 21.7 Å². The van der Waals surface area contributed by atoms with Gasteiger partial charge in [0.1, 0.15) is 0 Å². The second-order valence-corrected chi connectivity index (χ2v) is 11.6. The second-order valence-electron chi connectivity index (χ2n) is 9.60. The topological polar surface area (TPSA) is 147 Å². The fourth-order valence-electron chi connectivity index (χ4n) is 4.21. The molecule has 0 unspecified atom stereocenters. The molecule has 2 rings (SSSR count). The Bertz CT molecular complexity index is 954. The van der Waals surface area contributed by atoms with Crippen LogP contribution in [0, 0.1) is 17.4 Å². The van der Waals surface area contributed by atoms with Gasteiger partial charge in [-0.15, -0.1) is 0 Å². The van der Waals surface area contributed by atoms with Crippen LogP contribution in [0.1, 0.15) is 57.8 Å². The Hall–Kier alpha value is -2.34. The van der Waals surface area contributed by atoms with Crippen molar-refractivity contribution in [1.82, 2.24) is 14.8 Å². The Morgan fingerprint density at radius 1 is 1.05 bits per heavy atom. The van der Waals surface area contributed by atoms with E-state index < -0.39 is 10.0 Å². The van der Waals surface area contributed by atoms with Crippen LogP contribution in [0.25, 0.3) is 0 Å². The van der Waals surface area contributed by atoms with E-state index in [9.17, 15) is 8.42 Å². The van der Waals surface area contributed by atoms with E-state index in [-0.39, 0.29) is 18.9 Å². The lowest BCUT2D eigenvalue weighted by atomic mass is 9.90. The smallest absolute Gasteiger partial charge is 0.236 e. The number of aliphatic imine (C=N–C) groups is 1. The monoisotopic (exact) mass is 582 g/mol. The number of methoxy groups -OCH3 is 1. The number of hydroxylamine groups is 1. The highest BCUT2D eigenvalue weighted by Gasteiger charge is 2.24. The highest BCUT2D eigenvalue weighted by Crippen LogP contribution is 2.24. The minimum absolute atomic E-state index is 0.0197. The number of pyridine rings is 1. The van der Waals surface area contributed by atoms with Crippen LogP contribution in [0.4, 0.5) is 5.69 Å². The molecule has 0 bridgehead atoms. The number of rotatable bonds is 21. The van der Waals surface area contributed by atoms with Crippen LogP contribution in [-0.4, -0.2) is 89.4 Å². The Morgan fingerprint density at radius 3 is 2.48 bits per heavy atom. The maximum Gasteiger partial charge on any atom is 0.236 e. The van der Waals surface area contributed by atoms with Crippen molar-refractivity contribution in [2.75, 3.05) is 70.9 Å². The zero-order valence-electron chi connectivity index (χ0n) is 23.8. The summed E-state index contributed by atoms with van der Waals surface area (Å²) in [4.78, 5) is 14.2. The van der Waals surface area contributed by atoms with Crippen molar-refractivity contribution in [1.29, 1.82) is 5.26 Å². The minimum atomic E-state index is -3.58. The molecule has 1 aromatic rings. The molecule has 12 nitrogen and oxygen atoms in total. The molecule has 1 aromatic heterocycles. The van der Waals surface area contributed by atoms with E-state index in [4.69, 9.17) is 24.3 Å². The molecule has 1 aliphatic carbocycles. The minimum Gasteiger partial charge on any atom is -0.382 e. The highest BCUT2D eigenvalue weighted by molar-refractivity contribution is 7.88. The molecule has 1 aliphatic rings. The first-order valence-corrected chi connectivity index (χ1v) is 15.8. The van der Waals surface area contributed by atoms with E-state index in [2.05, 4.69) is 20.6 Å². The third kappa shape index (κ3) is 15.4. The van der Waals surface area contributed by atoms with Crippen LogP contribution < -0.4 is 10.6 Å². The molecular weight excluding hydrogens is 536 g/mol. The van der Waals surface area contributed by atoms with E-state index in [1.165, 1.54) is 19.3 Å². The number of hydrogen-bond acceptors (Lipinski definition) is 9. The van der Waals surface area contributed by atoms with Crippen molar-refractivity contribution in [3.63, 3.8) is 0 Å². The molecule has 0 atom stereocenters. The van der Waals surface area contributed by atoms with Crippen molar-refractivity contribution in [3.8, 4) is 6.19 Å². The SMILES string of the molecule is COCCOCCOCCN(OCC1CCCCC1)S(=O)(=O)CCCCCCN=C(NC#N)Nc1ccncc1. The zero-order chi connectivity index (χ0) is 28.7. The fourth-order valence-corrected chi connectivity index (χ4v) is 5.55. The summed E-state index contributed by atoms with van der Waals surface area (Å²) in [7, 11) is -1.96. The molecular formula is C27H46N6O6S. The number of nitrogens with zero attached hydrogens (tertiary/aromatic N) is 4. The quantitative estimate of drug-likeness (QED) is 0.0552. The van der Waals surface area contributed by atoms with E-state index in [0.717, 1.165) is 42.3 Å². The molecule has 0 spiro atoms. The predicted molar refractivity (Wildman–Crippen MR) is 154 cm³/mol. The van der Waals surface area contributed by atoms with Gasteiger partial charge < -0.3 is 19.5 Å². The Labute approximate surface area is 239 Å². The summed E-state index contributed by atoms with van der Waals surface area (Å²) in [5, 5.41) is 14.5. The molecule has 0 saturated heterocycles. The molecule has 40 heavy (non-hydrogen) atoms. The molecule has 1 heterocycles.